The van der Waals surface area contributed by atoms with Crippen molar-refractivity contribution in [2.24, 2.45) is 0 Å². The van der Waals surface area contributed by atoms with Crippen LogP contribution in [0, 0.1) is 0 Å². The highest BCUT2D eigenvalue weighted by molar-refractivity contribution is 7.91. The zero-order chi connectivity index (χ0) is 14.9. The highest BCUT2D eigenvalue weighted by Crippen LogP contribution is 2.22. The minimum absolute atomic E-state index is 0.0897. The smallest absolute Gasteiger partial charge is 0.270 e. The lowest BCUT2D eigenvalue weighted by Crippen LogP contribution is -2.50. The van der Waals surface area contributed by atoms with E-state index in [1.165, 1.54) is 15.6 Å². The van der Waals surface area contributed by atoms with Gasteiger partial charge in [0, 0.05) is 32.4 Å². The second-order valence-corrected chi connectivity index (χ2v) is 7.82. The molecule has 3 heterocycles. The number of nitrogens with zero attached hydrogens (tertiary/aromatic N) is 2. The summed E-state index contributed by atoms with van der Waals surface area (Å²) in [5.74, 6) is -0.0897. The van der Waals surface area contributed by atoms with Crippen LogP contribution in [0.15, 0.2) is 40.1 Å². The Morgan fingerprint density at radius 2 is 1.90 bits per heavy atom. The largest absolute Gasteiger partial charge is 0.357 e. The van der Waals surface area contributed by atoms with Crippen LogP contribution in [-0.2, 0) is 10.0 Å². The van der Waals surface area contributed by atoms with Gasteiger partial charge in [-0.25, -0.2) is 8.42 Å². The summed E-state index contributed by atoms with van der Waals surface area (Å²) in [4.78, 5) is 16.7. The number of H-pyrrole nitrogens is 1. The lowest BCUT2D eigenvalue weighted by Gasteiger charge is -2.33. The Kier molecular flexibility index (Phi) is 3.83. The number of sulfonamides is 1. The van der Waals surface area contributed by atoms with Crippen LogP contribution in [0.4, 0.5) is 0 Å². The quantitative estimate of drug-likeness (QED) is 0.922. The van der Waals surface area contributed by atoms with Gasteiger partial charge in [0.15, 0.2) is 0 Å². The molecule has 1 aliphatic rings. The molecular weight excluding hydrogens is 310 g/mol. The Morgan fingerprint density at radius 1 is 1.14 bits per heavy atom. The van der Waals surface area contributed by atoms with Crippen molar-refractivity contribution >= 4 is 27.3 Å². The van der Waals surface area contributed by atoms with Crippen LogP contribution in [-0.4, -0.2) is 54.7 Å². The summed E-state index contributed by atoms with van der Waals surface area (Å²) in [6.07, 6.45) is 1.70. The number of carbonyl (C=O) groups excluding carboxylic acids is 1. The van der Waals surface area contributed by atoms with E-state index >= 15 is 0 Å². The SMILES string of the molecule is O=C(c1ccc[nH]1)N1CCN(S(=O)(=O)c2cccs2)CC1. The third kappa shape index (κ3) is 2.74. The Labute approximate surface area is 127 Å². The van der Waals surface area contributed by atoms with Crippen molar-refractivity contribution in [1.29, 1.82) is 0 Å². The van der Waals surface area contributed by atoms with E-state index in [-0.39, 0.29) is 5.91 Å². The van der Waals surface area contributed by atoms with Gasteiger partial charge in [0.1, 0.15) is 9.90 Å². The summed E-state index contributed by atoms with van der Waals surface area (Å²) >= 11 is 1.21. The molecule has 6 nitrogen and oxygen atoms in total. The molecule has 2 aromatic rings. The van der Waals surface area contributed by atoms with Crippen LogP contribution in [0.3, 0.4) is 0 Å². The average molecular weight is 325 g/mol. The van der Waals surface area contributed by atoms with E-state index in [4.69, 9.17) is 0 Å². The molecule has 0 spiro atoms. The number of hydrogen-bond acceptors (Lipinski definition) is 4. The standard InChI is InChI=1S/C13H15N3O3S2/c17-13(11-3-1-5-14-11)15-6-8-16(9-7-15)21(18,19)12-4-2-10-20-12/h1-5,10,14H,6-9H2. The van der Waals surface area contributed by atoms with Gasteiger partial charge in [-0.3, -0.25) is 4.79 Å². The van der Waals surface area contributed by atoms with Gasteiger partial charge >= 0.3 is 0 Å². The zero-order valence-electron chi connectivity index (χ0n) is 11.2. The second kappa shape index (κ2) is 5.63. The number of piperazine rings is 1. The molecular formula is C13H15N3O3S2. The number of aromatic amines is 1. The van der Waals surface area contributed by atoms with Gasteiger partial charge in [0.05, 0.1) is 0 Å². The maximum absolute atomic E-state index is 12.4. The fraction of sp³-hybridized carbons (Fsp3) is 0.308. The van der Waals surface area contributed by atoms with E-state index in [0.29, 0.717) is 36.1 Å². The van der Waals surface area contributed by atoms with E-state index in [9.17, 15) is 13.2 Å². The van der Waals surface area contributed by atoms with Gasteiger partial charge in [-0.2, -0.15) is 4.31 Å². The van der Waals surface area contributed by atoms with Crippen LogP contribution >= 0.6 is 11.3 Å². The summed E-state index contributed by atoms with van der Waals surface area (Å²) in [5, 5.41) is 1.75. The molecule has 1 fully saturated rings. The molecule has 0 unspecified atom stereocenters. The first-order chi connectivity index (χ1) is 10.1. The van der Waals surface area contributed by atoms with Gasteiger partial charge in [0.2, 0.25) is 0 Å². The topological polar surface area (TPSA) is 73.5 Å². The molecule has 1 aliphatic heterocycles. The summed E-state index contributed by atoms with van der Waals surface area (Å²) in [5.41, 5.74) is 0.532. The zero-order valence-corrected chi connectivity index (χ0v) is 12.9. The molecule has 0 radical (unpaired) electrons. The van der Waals surface area contributed by atoms with Crippen LogP contribution in [0.2, 0.25) is 0 Å². The predicted molar refractivity (Wildman–Crippen MR) is 79.8 cm³/mol. The molecule has 3 rings (SSSR count). The van der Waals surface area contributed by atoms with E-state index in [1.807, 2.05) is 0 Å². The molecule has 0 aliphatic carbocycles. The number of rotatable bonds is 3. The minimum Gasteiger partial charge on any atom is -0.357 e. The molecule has 0 atom stereocenters. The first-order valence-corrected chi connectivity index (χ1v) is 8.87. The molecule has 0 saturated carbocycles. The fourth-order valence-corrected chi connectivity index (χ4v) is 4.87. The number of hydrogen-bond donors (Lipinski definition) is 1. The summed E-state index contributed by atoms with van der Waals surface area (Å²) in [7, 11) is -3.42. The fourth-order valence-electron chi connectivity index (χ4n) is 2.30. The lowest BCUT2D eigenvalue weighted by molar-refractivity contribution is 0.0693. The van der Waals surface area contributed by atoms with Gasteiger partial charge in [0.25, 0.3) is 15.9 Å². The highest BCUT2D eigenvalue weighted by Gasteiger charge is 2.31. The molecule has 112 valence electrons. The Hall–Kier alpha value is -1.64. The van der Waals surface area contributed by atoms with Crippen molar-refractivity contribution in [3.63, 3.8) is 0 Å². The number of carbonyl (C=O) groups is 1. The lowest BCUT2D eigenvalue weighted by atomic mass is 10.3. The summed E-state index contributed by atoms with van der Waals surface area (Å²) in [6.45, 7) is 1.46. The molecule has 1 saturated heterocycles. The third-order valence-corrected chi connectivity index (χ3v) is 6.72. The Morgan fingerprint density at radius 3 is 2.48 bits per heavy atom. The predicted octanol–water partition coefficient (Wildman–Crippen LogP) is 1.22. The monoisotopic (exact) mass is 325 g/mol. The number of amides is 1. The normalized spacial score (nSPS) is 17.0. The van der Waals surface area contributed by atoms with Crippen molar-refractivity contribution in [3.8, 4) is 0 Å². The van der Waals surface area contributed by atoms with E-state index in [0.717, 1.165) is 0 Å². The summed E-state index contributed by atoms with van der Waals surface area (Å²) in [6, 6.07) is 6.82. The molecule has 1 N–H and O–H groups in total. The maximum atomic E-state index is 12.4. The van der Waals surface area contributed by atoms with E-state index in [1.54, 1.807) is 40.7 Å². The van der Waals surface area contributed by atoms with E-state index in [2.05, 4.69) is 4.98 Å². The van der Waals surface area contributed by atoms with Crippen molar-refractivity contribution in [2.45, 2.75) is 4.21 Å². The first-order valence-electron chi connectivity index (χ1n) is 6.55. The van der Waals surface area contributed by atoms with Crippen molar-refractivity contribution < 1.29 is 13.2 Å². The van der Waals surface area contributed by atoms with Gasteiger partial charge in [-0.05, 0) is 23.6 Å². The van der Waals surface area contributed by atoms with Crippen LogP contribution in [0.5, 0.6) is 0 Å². The van der Waals surface area contributed by atoms with Crippen molar-refractivity contribution in [3.05, 3.63) is 41.5 Å². The number of aromatic nitrogens is 1. The Balaban J connectivity index is 1.67. The molecule has 1 amide bonds. The average Bonchev–Trinajstić information content (AvgIpc) is 3.19. The first kappa shape index (κ1) is 14.3. The van der Waals surface area contributed by atoms with Crippen LogP contribution in [0.1, 0.15) is 10.5 Å². The number of nitrogens with one attached hydrogen (secondary N) is 1. The molecule has 0 aromatic carbocycles. The van der Waals surface area contributed by atoms with Crippen LogP contribution < -0.4 is 0 Å². The maximum Gasteiger partial charge on any atom is 0.270 e. The summed E-state index contributed by atoms with van der Waals surface area (Å²) < 4.78 is 26.6. The van der Waals surface area contributed by atoms with Crippen molar-refractivity contribution in [1.82, 2.24) is 14.2 Å². The second-order valence-electron chi connectivity index (χ2n) is 4.71. The molecule has 21 heavy (non-hydrogen) atoms. The highest BCUT2D eigenvalue weighted by atomic mass is 32.2. The van der Waals surface area contributed by atoms with Crippen molar-refractivity contribution in [2.75, 3.05) is 26.2 Å². The Bertz CT molecular complexity index is 700. The van der Waals surface area contributed by atoms with Crippen LogP contribution in [0.25, 0.3) is 0 Å². The van der Waals surface area contributed by atoms with Gasteiger partial charge < -0.3 is 9.88 Å². The third-order valence-electron chi connectivity index (χ3n) is 3.44. The van der Waals surface area contributed by atoms with Gasteiger partial charge in [-0.15, -0.1) is 11.3 Å². The molecule has 8 heteroatoms. The number of thiophene rings is 1. The molecule has 2 aromatic heterocycles. The van der Waals surface area contributed by atoms with Gasteiger partial charge in [-0.1, -0.05) is 6.07 Å². The van der Waals surface area contributed by atoms with E-state index < -0.39 is 10.0 Å². The molecule has 0 bridgehead atoms. The minimum atomic E-state index is -3.42.